The molecule has 0 amide bonds. The Hall–Kier alpha value is -1.03. The molecule has 106 valence electrons. The smallest absolute Gasteiger partial charge is 0.135 e. The average molecular weight is 308 g/mol. The third-order valence-electron chi connectivity index (χ3n) is 3.60. The molecule has 1 aromatic carbocycles. The van der Waals surface area contributed by atoms with Gasteiger partial charge in [-0.05, 0) is 43.8 Å². The van der Waals surface area contributed by atoms with E-state index in [1.165, 1.54) is 15.3 Å². The maximum Gasteiger partial charge on any atom is 0.135 e. The quantitative estimate of drug-likeness (QED) is 0.872. The number of nitrogens with one attached hydrogen (secondary N) is 1. The lowest BCUT2D eigenvalue weighted by Gasteiger charge is -2.32. The Morgan fingerprint density at radius 2 is 2.20 bits per heavy atom. The van der Waals surface area contributed by atoms with Crippen molar-refractivity contribution in [3.05, 3.63) is 50.7 Å². The lowest BCUT2D eigenvalue weighted by atomic mass is 9.95. The predicted octanol–water partition coefficient (Wildman–Crippen LogP) is 4.88. The second-order valence-electron chi connectivity index (χ2n) is 5.08. The summed E-state index contributed by atoms with van der Waals surface area (Å²) in [6, 6.07) is 10.5. The van der Waals surface area contributed by atoms with Gasteiger partial charge in [0.2, 0.25) is 0 Å². The Kier molecular flexibility index (Phi) is 4.01. The van der Waals surface area contributed by atoms with E-state index in [4.69, 9.17) is 16.3 Å². The summed E-state index contributed by atoms with van der Waals surface area (Å²) in [6.07, 6.45) is 1.08. The molecule has 1 aromatic heterocycles. The number of ether oxygens (including phenoxy) is 1. The molecule has 2 nitrogen and oxygen atoms in total. The highest BCUT2D eigenvalue weighted by atomic mass is 35.5. The van der Waals surface area contributed by atoms with Crippen LogP contribution in [0.3, 0.4) is 0 Å². The van der Waals surface area contributed by atoms with Gasteiger partial charge in [-0.25, -0.2) is 0 Å². The van der Waals surface area contributed by atoms with E-state index in [1.807, 2.05) is 29.5 Å². The maximum absolute atomic E-state index is 6.17. The summed E-state index contributed by atoms with van der Waals surface area (Å²) >= 11 is 7.93. The first-order valence-electron chi connectivity index (χ1n) is 6.93. The number of fused-ring (bicyclic) bond motifs is 1. The Bertz CT molecular complexity index is 610. The zero-order valence-electron chi connectivity index (χ0n) is 11.7. The van der Waals surface area contributed by atoms with Gasteiger partial charge in [-0.1, -0.05) is 18.5 Å². The van der Waals surface area contributed by atoms with Crippen LogP contribution in [0.5, 0.6) is 5.75 Å². The highest BCUT2D eigenvalue weighted by Gasteiger charge is 2.29. The molecule has 0 saturated carbocycles. The fraction of sp³-hybridized carbons (Fsp3) is 0.375. The molecule has 2 unspecified atom stereocenters. The number of halogens is 1. The number of benzene rings is 1. The summed E-state index contributed by atoms with van der Waals surface area (Å²) in [4.78, 5) is 2.62. The molecule has 0 radical (unpaired) electrons. The second-order valence-corrected chi connectivity index (χ2v) is 6.84. The van der Waals surface area contributed by atoms with Crippen molar-refractivity contribution >= 4 is 22.9 Å². The Morgan fingerprint density at radius 1 is 1.35 bits per heavy atom. The van der Waals surface area contributed by atoms with Crippen LogP contribution in [0, 0.1) is 6.92 Å². The molecular weight excluding hydrogens is 290 g/mol. The van der Waals surface area contributed by atoms with E-state index in [0.717, 1.165) is 23.7 Å². The van der Waals surface area contributed by atoms with Gasteiger partial charge >= 0.3 is 0 Å². The van der Waals surface area contributed by atoms with E-state index in [9.17, 15) is 0 Å². The highest BCUT2D eigenvalue weighted by Crippen LogP contribution is 2.43. The van der Waals surface area contributed by atoms with Crippen LogP contribution in [0.1, 0.15) is 40.8 Å². The molecule has 1 aliphatic rings. The standard InChI is InChI=1S/C16H18ClNOS/c1-3-18-13-9-15(16-7-4-10(2)20-16)19-14-6-5-11(17)8-12(13)14/h4-8,13,15,18H,3,9H2,1-2H3. The molecule has 3 rings (SSSR count). The molecule has 2 aromatic rings. The number of aryl methyl sites for hydroxylation is 1. The zero-order valence-corrected chi connectivity index (χ0v) is 13.2. The van der Waals surface area contributed by atoms with Crippen molar-refractivity contribution in [2.24, 2.45) is 0 Å². The van der Waals surface area contributed by atoms with E-state index in [-0.39, 0.29) is 6.10 Å². The van der Waals surface area contributed by atoms with Gasteiger partial charge < -0.3 is 10.1 Å². The summed E-state index contributed by atoms with van der Waals surface area (Å²) in [7, 11) is 0. The van der Waals surface area contributed by atoms with Gasteiger partial charge in [0.1, 0.15) is 11.9 Å². The van der Waals surface area contributed by atoms with Crippen LogP contribution in [-0.2, 0) is 0 Å². The number of rotatable bonds is 3. The van der Waals surface area contributed by atoms with E-state index < -0.39 is 0 Å². The van der Waals surface area contributed by atoms with Crippen LogP contribution in [-0.4, -0.2) is 6.54 Å². The largest absolute Gasteiger partial charge is 0.484 e. The van der Waals surface area contributed by atoms with E-state index in [1.54, 1.807) is 0 Å². The third kappa shape index (κ3) is 2.71. The van der Waals surface area contributed by atoms with Gasteiger partial charge in [-0.2, -0.15) is 0 Å². The van der Waals surface area contributed by atoms with Crippen LogP contribution < -0.4 is 10.1 Å². The van der Waals surface area contributed by atoms with Gasteiger partial charge in [0.15, 0.2) is 0 Å². The fourth-order valence-corrected chi connectivity index (χ4v) is 3.78. The molecule has 20 heavy (non-hydrogen) atoms. The average Bonchev–Trinajstić information content (AvgIpc) is 2.86. The Labute approximate surface area is 128 Å². The number of thiophene rings is 1. The maximum atomic E-state index is 6.17. The minimum Gasteiger partial charge on any atom is -0.484 e. The molecule has 0 saturated heterocycles. The van der Waals surface area contributed by atoms with Gasteiger partial charge in [0.05, 0.1) is 0 Å². The van der Waals surface area contributed by atoms with Gasteiger partial charge in [-0.3, -0.25) is 0 Å². The SMILES string of the molecule is CCNC1CC(c2ccc(C)s2)Oc2ccc(Cl)cc21. The molecule has 0 fully saturated rings. The normalized spacial score (nSPS) is 21.4. The third-order valence-corrected chi connectivity index (χ3v) is 4.92. The fourth-order valence-electron chi connectivity index (χ4n) is 2.68. The first kappa shape index (κ1) is 13.9. The molecule has 0 spiro atoms. The van der Waals surface area contributed by atoms with Crippen LogP contribution in [0.25, 0.3) is 0 Å². The molecule has 1 N–H and O–H groups in total. The molecule has 0 aliphatic carbocycles. The van der Waals surface area contributed by atoms with E-state index >= 15 is 0 Å². The molecule has 4 heteroatoms. The summed E-state index contributed by atoms with van der Waals surface area (Å²) < 4.78 is 6.17. The zero-order chi connectivity index (χ0) is 14.1. The predicted molar refractivity (Wildman–Crippen MR) is 84.9 cm³/mol. The van der Waals surface area contributed by atoms with Crippen LogP contribution >= 0.6 is 22.9 Å². The van der Waals surface area contributed by atoms with Crippen molar-refractivity contribution < 1.29 is 4.74 Å². The van der Waals surface area contributed by atoms with E-state index in [0.29, 0.717) is 6.04 Å². The minimum absolute atomic E-state index is 0.131. The lowest BCUT2D eigenvalue weighted by Crippen LogP contribution is -2.28. The minimum atomic E-state index is 0.131. The molecule has 0 bridgehead atoms. The van der Waals surface area contributed by atoms with Crippen molar-refractivity contribution in [1.82, 2.24) is 5.32 Å². The topological polar surface area (TPSA) is 21.3 Å². The molecular formula is C16H18ClNOS. The molecule has 2 atom stereocenters. The molecule has 2 heterocycles. The van der Waals surface area contributed by atoms with Gasteiger partial charge in [0.25, 0.3) is 0 Å². The Balaban J connectivity index is 1.94. The van der Waals surface area contributed by atoms with Crippen molar-refractivity contribution in [1.29, 1.82) is 0 Å². The van der Waals surface area contributed by atoms with Crippen molar-refractivity contribution in [2.45, 2.75) is 32.4 Å². The second kappa shape index (κ2) is 5.76. The summed E-state index contributed by atoms with van der Waals surface area (Å²) in [6.45, 7) is 5.20. The monoisotopic (exact) mass is 307 g/mol. The number of hydrogen-bond donors (Lipinski definition) is 1. The lowest BCUT2D eigenvalue weighted by molar-refractivity contribution is 0.155. The van der Waals surface area contributed by atoms with Gasteiger partial charge in [-0.15, -0.1) is 11.3 Å². The highest BCUT2D eigenvalue weighted by molar-refractivity contribution is 7.12. The Morgan fingerprint density at radius 3 is 2.90 bits per heavy atom. The summed E-state index contributed by atoms with van der Waals surface area (Å²) in [5.74, 6) is 0.947. The van der Waals surface area contributed by atoms with Crippen molar-refractivity contribution in [2.75, 3.05) is 6.54 Å². The summed E-state index contributed by atoms with van der Waals surface area (Å²) in [5, 5.41) is 4.30. The van der Waals surface area contributed by atoms with Crippen molar-refractivity contribution in [3.63, 3.8) is 0 Å². The van der Waals surface area contributed by atoms with Crippen LogP contribution in [0.4, 0.5) is 0 Å². The van der Waals surface area contributed by atoms with Gasteiger partial charge in [0, 0.05) is 32.8 Å². The van der Waals surface area contributed by atoms with Crippen molar-refractivity contribution in [3.8, 4) is 5.75 Å². The summed E-state index contributed by atoms with van der Waals surface area (Å²) in [5.41, 5.74) is 1.17. The van der Waals surface area contributed by atoms with Crippen LogP contribution in [0.15, 0.2) is 30.3 Å². The van der Waals surface area contributed by atoms with Crippen LogP contribution in [0.2, 0.25) is 5.02 Å². The number of hydrogen-bond acceptors (Lipinski definition) is 3. The molecule has 1 aliphatic heterocycles. The van der Waals surface area contributed by atoms with E-state index in [2.05, 4.69) is 31.3 Å². The first-order chi connectivity index (χ1) is 9.67. The first-order valence-corrected chi connectivity index (χ1v) is 8.12.